The minimum Gasteiger partial charge on any atom is -0.387 e. The summed E-state index contributed by atoms with van der Waals surface area (Å²) < 4.78 is 24.7. The maximum Gasteiger partial charge on any atom is 0.129 e. The van der Waals surface area contributed by atoms with Gasteiger partial charge in [-0.05, 0) is 19.3 Å². The molecule has 1 rings (SSSR count). The summed E-state index contributed by atoms with van der Waals surface area (Å²) in [6.07, 6.45) is -2.87. The van der Waals surface area contributed by atoms with E-state index < -0.39 is 18.4 Å². The van der Waals surface area contributed by atoms with Crippen LogP contribution in [0.3, 0.4) is 0 Å². The van der Waals surface area contributed by atoms with Crippen molar-refractivity contribution < 1.29 is 13.9 Å². The van der Waals surface area contributed by atoms with E-state index in [-0.39, 0.29) is 0 Å². The van der Waals surface area contributed by atoms with Crippen molar-refractivity contribution in [1.82, 2.24) is 0 Å². The van der Waals surface area contributed by atoms with Gasteiger partial charge < -0.3 is 5.11 Å². The molecule has 0 amide bonds. The zero-order valence-electron chi connectivity index (χ0n) is 5.06. The van der Waals surface area contributed by atoms with Crippen molar-refractivity contribution >= 4 is 0 Å². The molecule has 2 atom stereocenters. The van der Waals surface area contributed by atoms with Gasteiger partial charge in [-0.25, -0.2) is 8.78 Å². The molecule has 1 aliphatic rings. The van der Waals surface area contributed by atoms with Gasteiger partial charge >= 0.3 is 0 Å². The molecule has 0 saturated heterocycles. The third kappa shape index (κ3) is 1.39. The number of aliphatic hydroxyl groups is 1. The number of rotatable bonds is 0. The van der Waals surface area contributed by atoms with Crippen molar-refractivity contribution in [1.29, 1.82) is 0 Å². The zero-order chi connectivity index (χ0) is 6.85. The van der Waals surface area contributed by atoms with E-state index in [9.17, 15) is 8.78 Å². The molecular formula is C6H10F2O. The smallest absolute Gasteiger partial charge is 0.129 e. The summed E-state index contributed by atoms with van der Waals surface area (Å²) in [7, 11) is 0. The van der Waals surface area contributed by atoms with Crippen LogP contribution in [0.4, 0.5) is 8.78 Å². The zero-order valence-corrected chi connectivity index (χ0v) is 5.06. The molecule has 0 aromatic carbocycles. The van der Waals surface area contributed by atoms with Gasteiger partial charge in [0.15, 0.2) is 0 Å². The van der Waals surface area contributed by atoms with Crippen molar-refractivity contribution in [2.45, 2.75) is 37.7 Å². The molecule has 1 fully saturated rings. The van der Waals surface area contributed by atoms with E-state index in [2.05, 4.69) is 0 Å². The lowest BCUT2D eigenvalue weighted by molar-refractivity contribution is -0.0169. The Kier molecular flexibility index (Phi) is 2.01. The highest BCUT2D eigenvalue weighted by Crippen LogP contribution is 2.23. The van der Waals surface area contributed by atoms with E-state index in [1.165, 1.54) is 0 Å². The summed E-state index contributed by atoms with van der Waals surface area (Å²) in [5.41, 5.74) is 0. The maximum atomic E-state index is 12.3. The molecule has 54 valence electrons. The lowest BCUT2D eigenvalue weighted by Crippen LogP contribution is -2.35. The van der Waals surface area contributed by atoms with Gasteiger partial charge in [-0.15, -0.1) is 0 Å². The van der Waals surface area contributed by atoms with Gasteiger partial charge in [0.1, 0.15) is 18.4 Å². The van der Waals surface area contributed by atoms with Gasteiger partial charge in [0.05, 0.1) is 0 Å². The number of halogens is 2. The Balaban J connectivity index is 2.41. The lowest BCUT2D eigenvalue weighted by atomic mass is 9.94. The van der Waals surface area contributed by atoms with Gasteiger partial charge in [-0.3, -0.25) is 0 Å². The summed E-state index contributed by atoms with van der Waals surface area (Å²) in [5, 5.41) is 8.70. The molecule has 3 heteroatoms. The largest absolute Gasteiger partial charge is 0.387 e. The predicted molar refractivity (Wildman–Crippen MR) is 29.6 cm³/mol. The summed E-state index contributed by atoms with van der Waals surface area (Å²) in [5.74, 6) is 0. The molecule has 0 heterocycles. The van der Waals surface area contributed by atoms with Crippen molar-refractivity contribution in [2.24, 2.45) is 0 Å². The monoisotopic (exact) mass is 136 g/mol. The van der Waals surface area contributed by atoms with Crippen LogP contribution in [0, 0.1) is 0 Å². The van der Waals surface area contributed by atoms with Crippen LogP contribution in [-0.2, 0) is 0 Å². The first kappa shape index (κ1) is 6.93. The first-order valence-electron chi connectivity index (χ1n) is 3.18. The summed E-state index contributed by atoms with van der Waals surface area (Å²) in [6, 6.07) is 0. The predicted octanol–water partition coefficient (Wildman–Crippen LogP) is 1.21. The van der Waals surface area contributed by atoms with E-state index in [4.69, 9.17) is 5.11 Å². The number of aliphatic hydroxyl groups excluding tert-OH is 1. The fourth-order valence-electron chi connectivity index (χ4n) is 1.08. The number of alkyl halides is 2. The molecule has 0 aromatic heterocycles. The Hall–Kier alpha value is -0.180. The Morgan fingerprint density at radius 3 is 1.89 bits per heavy atom. The van der Waals surface area contributed by atoms with E-state index in [0.717, 1.165) is 0 Å². The van der Waals surface area contributed by atoms with Gasteiger partial charge in [0, 0.05) is 0 Å². The van der Waals surface area contributed by atoms with Gasteiger partial charge in [0.25, 0.3) is 0 Å². The van der Waals surface area contributed by atoms with Crippen LogP contribution >= 0.6 is 0 Å². The Morgan fingerprint density at radius 2 is 1.56 bits per heavy atom. The second-order valence-electron chi connectivity index (χ2n) is 2.45. The Morgan fingerprint density at radius 1 is 1.11 bits per heavy atom. The van der Waals surface area contributed by atoms with Crippen molar-refractivity contribution in [3.8, 4) is 0 Å². The molecule has 2 unspecified atom stereocenters. The fourth-order valence-corrected chi connectivity index (χ4v) is 1.08. The highest BCUT2D eigenvalue weighted by Gasteiger charge is 2.31. The molecule has 0 spiro atoms. The van der Waals surface area contributed by atoms with Crippen molar-refractivity contribution in [3.63, 3.8) is 0 Å². The molecule has 0 radical (unpaired) electrons. The van der Waals surface area contributed by atoms with Crippen LogP contribution in [0.15, 0.2) is 0 Å². The molecule has 0 bridgehead atoms. The third-order valence-electron chi connectivity index (χ3n) is 1.70. The first-order valence-corrected chi connectivity index (χ1v) is 3.18. The minimum atomic E-state index is -1.36. The van der Waals surface area contributed by atoms with Gasteiger partial charge in [-0.2, -0.15) is 0 Å². The van der Waals surface area contributed by atoms with Crippen LogP contribution < -0.4 is 0 Å². The fraction of sp³-hybridized carbons (Fsp3) is 1.00. The Labute approximate surface area is 52.7 Å². The first-order chi connectivity index (χ1) is 4.22. The highest BCUT2D eigenvalue weighted by atomic mass is 19.1. The van der Waals surface area contributed by atoms with Crippen molar-refractivity contribution in [2.75, 3.05) is 0 Å². The molecule has 1 nitrogen and oxygen atoms in total. The molecule has 1 N–H and O–H groups in total. The summed E-state index contributed by atoms with van der Waals surface area (Å²) in [6.45, 7) is 0. The molecule has 1 aliphatic carbocycles. The summed E-state index contributed by atoms with van der Waals surface area (Å²) >= 11 is 0. The minimum absolute atomic E-state index is 0.307. The molecular weight excluding hydrogens is 126 g/mol. The second-order valence-corrected chi connectivity index (χ2v) is 2.45. The van der Waals surface area contributed by atoms with Crippen LogP contribution in [-0.4, -0.2) is 23.6 Å². The Bertz CT molecular complexity index is 87.1. The number of hydrogen-bond acceptors (Lipinski definition) is 1. The van der Waals surface area contributed by atoms with Crippen LogP contribution in [0.5, 0.6) is 0 Å². The SMILES string of the molecule is OC1C(F)CCCC1F. The number of hydrogen-bond donors (Lipinski definition) is 1. The average molecular weight is 136 g/mol. The second kappa shape index (κ2) is 2.60. The van der Waals surface area contributed by atoms with Gasteiger partial charge in [-0.1, -0.05) is 0 Å². The van der Waals surface area contributed by atoms with Crippen LogP contribution in [0.25, 0.3) is 0 Å². The summed E-state index contributed by atoms with van der Waals surface area (Å²) in [4.78, 5) is 0. The molecule has 9 heavy (non-hydrogen) atoms. The molecule has 0 aliphatic heterocycles. The molecule has 0 aromatic rings. The van der Waals surface area contributed by atoms with Crippen molar-refractivity contribution in [3.05, 3.63) is 0 Å². The highest BCUT2D eigenvalue weighted by molar-refractivity contribution is 4.81. The average Bonchev–Trinajstić information content (AvgIpc) is 1.83. The third-order valence-corrected chi connectivity index (χ3v) is 1.70. The van der Waals surface area contributed by atoms with Crippen LogP contribution in [0.2, 0.25) is 0 Å². The van der Waals surface area contributed by atoms with E-state index >= 15 is 0 Å². The maximum absolute atomic E-state index is 12.3. The standard InChI is InChI=1S/C6H10F2O/c7-4-2-1-3-5(8)6(4)9/h4-6,9H,1-3H2. The van der Waals surface area contributed by atoms with Crippen LogP contribution in [0.1, 0.15) is 19.3 Å². The lowest BCUT2D eigenvalue weighted by Gasteiger charge is -2.24. The topological polar surface area (TPSA) is 20.2 Å². The van der Waals surface area contributed by atoms with E-state index in [1.807, 2.05) is 0 Å². The van der Waals surface area contributed by atoms with E-state index in [1.54, 1.807) is 0 Å². The quantitative estimate of drug-likeness (QED) is 0.530. The van der Waals surface area contributed by atoms with Gasteiger partial charge in [0.2, 0.25) is 0 Å². The molecule has 1 saturated carbocycles. The normalized spacial score (nSPS) is 45.0. The van der Waals surface area contributed by atoms with E-state index in [0.29, 0.717) is 19.3 Å².